The van der Waals surface area contributed by atoms with Gasteiger partial charge in [-0.25, -0.2) is 19.6 Å². The third kappa shape index (κ3) is 6.23. The molecule has 3 aromatic heterocycles. The van der Waals surface area contributed by atoms with Gasteiger partial charge in [-0.3, -0.25) is 0 Å². The van der Waals surface area contributed by atoms with E-state index in [0.29, 0.717) is 35.9 Å². The third-order valence-corrected chi connectivity index (χ3v) is 9.45. The molecule has 7 rings (SSSR count). The van der Waals surface area contributed by atoms with Crippen LogP contribution in [0.1, 0.15) is 36.2 Å². The van der Waals surface area contributed by atoms with E-state index < -0.39 is 11.9 Å². The molecule has 7 nitrogen and oxygen atoms in total. The number of rotatable bonds is 9. The van der Waals surface area contributed by atoms with Crippen molar-refractivity contribution in [3.8, 4) is 5.75 Å². The van der Waals surface area contributed by atoms with Gasteiger partial charge in [0, 0.05) is 26.6 Å². The molecule has 0 fully saturated rings. The molecule has 0 amide bonds. The lowest BCUT2D eigenvalue weighted by Crippen LogP contribution is -2.05. The highest BCUT2D eigenvalue weighted by atomic mass is 32.1. The Hall–Kier alpha value is -4.90. The Morgan fingerprint density at radius 2 is 1.32 bits per heavy atom. The molecule has 0 saturated heterocycles. The van der Waals surface area contributed by atoms with Gasteiger partial charge in [-0.15, -0.1) is 34.0 Å². The molecule has 2 aliphatic heterocycles. The van der Waals surface area contributed by atoms with Crippen LogP contribution in [0.2, 0.25) is 0 Å². The van der Waals surface area contributed by atoms with Crippen molar-refractivity contribution in [1.82, 2.24) is 0 Å². The number of ether oxygens (including phenoxy) is 3. The smallest absolute Gasteiger partial charge is 0.363 e. The summed E-state index contributed by atoms with van der Waals surface area (Å²) in [6.45, 7) is 0.387. The number of aliphatic imine (C=N–C) groups is 2. The second-order valence-electron chi connectivity index (χ2n) is 9.73. The van der Waals surface area contributed by atoms with Gasteiger partial charge in [0.05, 0.1) is 4.88 Å². The Balaban J connectivity index is 0.999. The number of carbonyl (C=O) groups excluding carboxylic acids is 2. The molecule has 2 aliphatic rings. The number of esters is 2. The van der Waals surface area contributed by atoms with Crippen LogP contribution >= 0.6 is 34.0 Å². The first-order valence-electron chi connectivity index (χ1n) is 13.6. The van der Waals surface area contributed by atoms with Crippen molar-refractivity contribution in [3.05, 3.63) is 143 Å². The van der Waals surface area contributed by atoms with Crippen molar-refractivity contribution in [2.45, 2.75) is 13.0 Å². The number of hydrogen-bond donors (Lipinski definition) is 0. The van der Waals surface area contributed by atoms with E-state index in [4.69, 9.17) is 14.2 Å². The largest absolute Gasteiger partial charge is 0.489 e. The second kappa shape index (κ2) is 12.4. The van der Waals surface area contributed by atoms with Gasteiger partial charge in [-0.1, -0.05) is 36.4 Å². The summed E-state index contributed by atoms with van der Waals surface area (Å²) in [5, 5.41) is 3.90. The highest BCUT2D eigenvalue weighted by molar-refractivity contribution is 7.14. The minimum atomic E-state index is -0.462. The quantitative estimate of drug-likeness (QED) is 0.122. The number of nitrogens with zero attached hydrogens (tertiary/aromatic N) is 2. The monoisotopic (exact) mass is 634 g/mol. The summed E-state index contributed by atoms with van der Waals surface area (Å²) in [5.74, 6) is 0.400. The molecule has 0 unspecified atom stereocenters. The van der Waals surface area contributed by atoms with Gasteiger partial charge in [0.1, 0.15) is 12.4 Å². The van der Waals surface area contributed by atoms with Crippen LogP contribution in [-0.2, 0) is 32.1 Å². The molecule has 0 radical (unpaired) electrons. The van der Waals surface area contributed by atoms with Gasteiger partial charge in [0.25, 0.3) is 0 Å². The molecule has 2 aromatic carbocycles. The molecule has 5 aromatic rings. The summed E-state index contributed by atoms with van der Waals surface area (Å²) >= 11 is 4.62. The van der Waals surface area contributed by atoms with Crippen molar-refractivity contribution in [2.24, 2.45) is 9.98 Å². The lowest BCUT2D eigenvalue weighted by Gasteiger charge is -2.11. The molecule has 5 heterocycles. The Kier molecular flexibility index (Phi) is 7.85. The van der Waals surface area contributed by atoms with Crippen molar-refractivity contribution in [1.29, 1.82) is 0 Å². The summed E-state index contributed by atoms with van der Waals surface area (Å²) < 4.78 is 17.0. The number of carbonyl (C=O) groups is 2. The van der Waals surface area contributed by atoms with Crippen LogP contribution in [0.4, 0.5) is 0 Å². The number of benzene rings is 2. The average molecular weight is 635 g/mol. The zero-order chi connectivity index (χ0) is 29.9. The molecule has 0 saturated carbocycles. The fourth-order valence-electron chi connectivity index (χ4n) is 4.56. The summed E-state index contributed by atoms with van der Waals surface area (Å²) in [4.78, 5) is 37.2. The first kappa shape index (κ1) is 27.9. The Morgan fingerprint density at radius 1 is 0.682 bits per heavy atom. The first-order valence-corrected chi connectivity index (χ1v) is 16.2. The molecule has 10 heteroatoms. The van der Waals surface area contributed by atoms with Gasteiger partial charge in [-0.05, 0) is 82.6 Å². The van der Waals surface area contributed by atoms with Crippen LogP contribution in [0.5, 0.6) is 5.75 Å². The highest BCUT2D eigenvalue weighted by Crippen LogP contribution is 2.28. The van der Waals surface area contributed by atoms with Crippen LogP contribution in [0, 0.1) is 0 Å². The SMILES string of the molecule is O=C1OC(c2ccc(OCc3ccccc3Cc3ccc(C4=N/C(=C/c5cccs5)C(=O)O4)s3)cc2)=N/C1=C/c1cccs1. The lowest BCUT2D eigenvalue weighted by molar-refractivity contribution is -0.130. The first-order chi connectivity index (χ1) is 21.6. The van der Waals surface area contributed by atoms with Gasteiger partial charge >= 0.3 is 11.9 Å². The predicted molar refractivity (Wildman–Crippen MR) is 174 cm³/mol. The van der Waals surface area contributed by atoms with Gasteiger partial charge < -0.3 is 14.2 Å². The Morgan fingerprint density at radius 3 is 1.98 bits per heavy atom. The molecular formula is C34H22N2O5S3. The van der Waals surface area contributed by atoms with E-state index in [1.165, 1.54) is 11.3 Å². The maximum Gasteiger partial charge on any atom is 0.363 e. The molecule has 0 spiro atoms. The highest BCUT2D eigenvalue weighted by Gasteiger charge is 2.26. The summed E-state index contributed by atoms with van der Waals surface area (Å²) in [7, 11) is 0. The fourth-order valence-corrected chi connectivity index (χ4v) is 6.82. The molecular weight excluding hydrogens is 613 g/mol. The zero-order valence-corrected chi connectivity index (χ0v) is 25.4. The number of thiophene rings is 3. The molecule has 0 N–H and O–H groups in total. The van der Waals surface area contributed by atoms with E-state index in [1.807, 2.05) is 83.6 Å². The standard InChI is InChI=1S/C34H22N2O5S3/c37-33-28(18-25-7-3-15-42-25)35-31(40-33)21-9-11-24(12-10-21)39-20-23-6-2-1-5-22(23)17-27-13-14-30(44-27)32-36-29(34(38)41-32)19-26-8-4-16-43-26/h1-16,18-19H,17,20H2/b28-18+,29-19+. The van der Waals surface area contributed by atoms with Crippen LogP contribution in [0.25, 0.3) is 12.2 Å². The van der Waals surface area contributed by atoms with Crippen molar-refractivity contribution in [3.63, 3.8) is 0 Å². The topological polar surface area (TPSA) is 86.6 Å². The minimum Gasteiger partial charge on any atom is -0.489 e. The van der Waals surface area contributed by atoms with Crippen molar-refractivity contribution < 1.29 is 23.8 Å². The van der Waals surface area contributed by atoms with E-state index in [0.717, 1.165) is 30.6 Å². The van der Waals surface area contributed by atoms with Gasteiger partial charge in [0.15, 0.2) is 11.4 Å². The van der Waals surface area contributed by atoms with Crippen LogP contribution in [0.3, 0.4) is 0 Å². The molecule has 0 bridgehead atoms. The van der Waals surface area contributed by atoms with Crippen LogP contribution in [-0.4, -0.2) is 23.7 Å². The fraction of sp³-hybridized carbons (Fsp3) is 0.0588. The zero-order valence-electron chi connectivity index (χ0n) is 23.0. The third-order valence-electron chi connectivity index (χ3n) is 6.74. The van der Waals surface area contributed by atoms with Gasteiger partial charge in [0.2, 0.25) is 11.8 Å². The minimum absolute atomic E-state index is 0.276. The maximum atomic E-state index is 12.3. The normalized spacial score (nSPS) is 16.3. The number of hydrogen-bond acceptors (Lipinski definition) is 10. The number of cyclic esters (lactones) is 2. The Labute approximate surface area is 264 Å². The van der Waals surface area contributed by atoms with Crippen LogP contribution < -0.4 is 4.74 Å². The van der Waals surface area contributed by atoms with E-state index in [2.05, 4.69) is 22.1 Å². The second-order valence-corrected chi connectivity index (χ2v) is 12.9. The molecule has 44 heavy (non-hydrogen) atoms. The predicted octanol–water partition coefficient (Wildman–Crippen LogP) is 7.73. The molecule has 216 valence electrons. The maximum absolute atomic E-state index is 12.3. The van der Waals surface area contributed by atoms with Crippen molar-refractivity contribution >= 4 is 69.9 Å². The molecule has 0 atom stereocenters. The summed E-state index contributed by atoms with van der Waals surface area (Å²) in [6.07, 6.45) is 4.18. The van der Waals surface area contributed by atoms with E-state index in [1.54, 1.807) is 34.8 Å². The van der Waals surface area contributed by atoms with E-state index in [9.17, 15) is 9.59 Å². The lowest BCUT2D eigenvalue weighted by atomic mass is 10.0. The van der Waals surface area contributed by atoms with E-state index in [-0.39, 0.29) is 11.6 Å². The van der Waals surface area contributed by atoms with Crippen LogP contribution in [0.15, 0.2) is 117 Å². The Bertz CT molecular complexity index is 1960. The van der Waals surface area contributed by atoms with Crippen molar-refractivity contribution in [2.75, 3.05) is 0 Å². The summed E-state index contributed by atoms with van der Waals surface area (Å²) in [6, 6.07) is 27.2. The molecule has 0 aliphatic carbocycles. The van der Waals surface area contributed by atoms with E-state index >= 15 is 0 Å². The summed E-state index contributed by atoms with van der Waals surface area (Å²) in [5.41, 5.74) is 3.49. The average Bonchev–Trinajstić information content (AvgIpc) is 3.88. The van der Waals surface area contributed by atoms with Gasteiger partial charge in [-0.2, -0.15) is 0 Å².